The zero-order valence-electron chi connectivity index (χ0n) is 11.8. The van der Waals surface area contributed by atoms with Crippen molar-refractivity contribution >= 4 is 17.0 Å². The molecule has 5 nitrogen and oxygen atoms in total. The van der Waals surface area contributed by atoms with Crippen LogP contribution in [0.25, 0.3) is 11.2 Å². The van der Waals surface area contributed by atoms with Gasteiger partial charge in [0.25, 0.3) is 0 Å². The quantitative estimate of drug-likeness (QED) is 0.866. The first-order valence-corrected chi connectivity index (χ1v) is 6.88. The Bertz CT molecular complexity index is 581. The standard InChI is InChI=1S/C14H21N5/c1-14(8-4-5-9-15-14)13-16-10-6-7-11(19(2)3)17-12(10)18-13/h6-7,15H,4-5,8-9H2,1-3H3,(H,16,17,18). The number of hydrogen-bond acceptors (Lipinski definition) is 4. The van der Waals surface area contributed by atoms with Crippen molar-refractivity contribution in [3.63, 3.8) is 0 Å². The van der Waals surface area contributed by atoms with Crippen LogP contribution in [0.4, 0.5) is 5.82 Å². The monoisotopic (exact) mass is 259 g/mol. The van der Waals surface area contributed by atoms with Gasteiger partial charge in [0.15, 0.2) is 5.65 Å². The van der Waals surface area contributed by atoms with E-state index in [4.69, 9.17) is 4.98 Å². The van der Waals surface area contributed by atoms with Crippen LogP contribution in [0.15, 0.2) is 12.1 Å². The highest BCUT2D eigenvalue weighted by atomic mass is 15.2. The third kappa shape index (κ3) is 2.18. The number of imidazole rings is 1. The van der Waals surface area contributed by atoms with Crippen LogP contribution in [0.2, 0.25) is 0 Å². The summed E-state index contributed by atoms with van der Waals surface area (Å²) >= 11 is 0. The van der Waals surface area contributed by atoms with Gasteiger partial charge in [-0.2, -0.15) is 0 Å². The van der Waals surface area contributed by atoms with Gasteiger partial charge in [0, 0.05) is 14.1 Å². The summed E-state index contributed by atoms with van der Waals surface area (Å²) in [5.74, 6) is 1.94. The third-order valence-corrected chi connectivity index (χ3v) is 3.93. The highest BCUT2D eigenvalue weighted by Crippen LogP contribution is 2.29. The molecule has 19 heavy (non-hydrogen) atoms. The summed E-state index contributed by atoms with van der Waals surface area (Å²) < 4.78 is 0. The Labute approximate surface area is 113 Å². The van der Waals surface area contributed by atoms with E-state index >= 15 is 0 Å². The molecule has 102 valence electrons. The molecule has 0 amide bonds. The maximum absolute atomic E-state index is 4.70. The van der Waals surface area contributed by atoms with Crippen molar-refractivity contribution in [1.82, 2.24) is 20.3 Å². The first kappa shape index (κ1) is 12.4. The average molecular weight is 259 g/mol. The molecule has 1 unspecified atom stereocenters. The van der Waals surface area contributed by atoms with Crippen molar-refractivity contribution in [2.75, 3.05) is 25.5 Å². The van der Waals surface area contributed by atoms with Crippen LogP contribution in [-0.2, 0) is 5.54 Å². The Hall–Kier alpha value is -1.62. The molecule has 2 N–H and O–H groups in total. The van der Waals surface area contributed by atoms with Crippen LogP contribution in [0.1, 0.15) is 32.0 Å². The molecule has 1 aliphatic rings. The molecule has 5 heteroatoms. The molecule has 1 saturated heterocycles. The Balaban J connectivity index is 2.01. The fourth-order valence-electron chi connectivity index (χ4n) is 2.65. The van der Waals surface area contributed by atoms with Crippen LogP contribution in [-0.4, -0.2) is 35.6 Å². The van der Waals surface area contributed by atoms with Crippen molar-refractivity contribution in [3.05, 3.63) is 18.0 Å². The fourth-order valence-corrected chi connectivity index (χ4v) is 2.65. The van der Waals surface area contributed by atoms with Gasteiger partial charge in [-0.15, -0.1) is 0 Å². The lowest BCUT2D eigenvalue weighted by molar-refractivity contribution is 0.271. The van der Waals surface area contributed by atoms with E-state index in [0.717, 1.165) is 35.8 Å². The van der Waals surface area contributed by atoms with Crippen molar-refractivity contribution in [2.45, 2.75) is 31.7 Å². The topological polar surface area (TPSA) is 56.8 Å². The number of anilines is 1. The largest absolute Gasteiger partial charge is 0.363 e. The third-order valence-electron chi connectivity index (χ3n) is 3.93. The van der Waals surface area contributed by atoms with E-state index < -0.39 is 0 Å². The molecule has 0 radical (unpaired) electrons. The van der Waals surface area contributed by atoms with Gasteiger partial charge in [0.05, 0.1) is 11.1 Å². The predicted octanol–water partition coefficient (Wildman–Crippen LogP) is 2.01. The Kier molecular flexibility index (Phi) is 2.93. The SMILES string of the molecule is CN(C)c1ccc2[nH]c(C3(C)CCCCN3)nc2n1. The predicted molar refractivity (Wildman–Crippen MR) is 77.4 cm³/mol. The average Bonchev–Trinajstić information content (AvgIpc) is 2.83. The van der Waals surface area contributed by atoms with Crippen LogP contribution >= 0.6 is 0 Å². The van der Waals surface area contributed by atoms with E-state index in [1.165, 1.54) is 12.8 Å². The zero-order chi connectivity index (χ0) is 13.5. The minimum Gasteiger partial charge on any atom is -0.363 e. The fraction of sp³-hybridized carbons (Fsp3) is 0.571. The van der Waals surface area contributed by atoms with E-state index in [0.29, 0.717) is 0 Å². The van der Waals surface area contributed by atoms with Gasteiger partial charge in [0.1, 0.15) is 11.6 Å². The summed E-state index contributed by atoms with van der Waals surface area (Å²) in [5.41, 5.74) is 1.76. The summed E-state index contributed by atoms with van der Waals surface area (Å²) in [5, 5.41) is 3.58. The molecule has 0 spiro atoms. The van der Waals surface area contributed by atoms with Gasteiger partial charge >= 0.3 is 0 Å². The second-order valence-corrected chi connectivity index (χ2v) is 5.74. The number of aromatic nitrogens is 3. The summed E-state index contributed by atoms with van der Waals surface area (Å²) in [7, 11) is 3.98. The van der Waals surface area contributed by atoms with Crippen molar-refractivity contribution in [1.29, 1.82) is 0 Å². The number of hydrogen-bond donors (Lipinski definition) is 2. The van der Waals surface area contributed by atoms with Crippen LogP contribution in [0.5, 0.6) is 0 Å². The lowest BCUT2D eigenvalue weighted by Crippen LogP contribution is -2.44. The van der Waals surface area contributed by atoms with E-state index in [2.05, 4.69) is 28.3 Å². The molecule has 1 fully saturated rings. The number of rotatable bonds is 2. The van der Waals surface area contributed by atoms with Gasteiger partial charge in [-0.1, -0.05) is 0 Å². The molecule has 1 aliphatic heterocycles. The highest BCUT2D eigenvalue weighted by molar-refractivity contribution is 5.73. The Morgan fingerprint density at radius 3 is 2.74 bits per heavy atom. The van der Waals surface area contributed by atoms with E-state index in [1.807, 2.05) is 25.1 Å². The van der Waals surface area contributed by atoms with E-state index in [-0.39, 0.29) is 5.54 Å². The number of nitrogens with zero attached hydrogens (tertiary/aromatic N) is 3. The van der Waals surface area contributed by atoms with Gasteiger partial charge in [-0.05, 0) is 44.9 Å². The highest BCUT2D eigenvalue weighted by Gasteiger charge is 2.31. The Morgan fingerprint density at radius 1 is 1.21 bits per heavy atom. The number of pyridine rings is 1. The number of aromatic amines is 1. The molecule has 0 saturated carbocycles. The molecule has 1 atom stereocenters. The van der Waals surface area contributed by atoms with Gasteiger partial charge in [0.2, 0.25) is 0 Å². The molecular weight excluding hydrogens is 238 g/mol. The summed E-state index contributed by atoms with van der Waals surface area (Å²) in [6, 6.07) is 4.07. The minimum absolute atomic E-state index is 0.0444. The number of nitrogens with one attached hydrogen (secondary N) is 2. The smallest absolute Gasteiger partial charge is 0.179 e. The van der Waals surface area contributed by atoms with Crippen LogP contribution in [0.3, 0.4) is 0 Å². The molecule has 0 aliphatic carbocycles. The molecule has 3 heterocycles. The minimum atomic E-state index is -0.0444. The molecule has 2 aromatic rings. The summed E-state index contributed by atoms with van der Waals surface area (Å²) in [6.45, 7) is 3.28. The lowest BCUT2D eigenvalue weighted by atomic mass is 9.90. The summed E-state index contributed by atoms with van der Waals surface area (Å²) in [6.07, 6.45) is 3.61. The van der Waals surface area contributed by atoms with Gasteiger partial charge in [-0.3, -0.25) is 0 Å². The number of piperidine rings is 1. The second kappa shape index (κ2) is 4.49. The number of fused-ring (bicyclic) bond motifs is 1. The first-order valence-electron chi connectivity index (χ1n) is 6.88. The molecule has 2 aromatic heterocycles. The lowest BCUT2D eigenvalue weighted by Gasteiger charge is -2.32. The van der Waals surface area contributed by atoms with Crippen LogP contribution in [0, 0.1) is 0 Å². The Morgan fingerprint density at radius 2 is 2.05 bits per heavy atom. The van der Waals surface area contributed by atoms with Crippen LogP contribution < -0.4 is 10.2 Å². The maximum Gasteiger partial charge on any atom is 0.179 e. The van der Waals surface area contributed by atoms with Crippen molar-refractivity contribution in [3.8, 4) is 0 Å². The molecule has 0 aromatic carbocycles. The van der Waals surface area contributed by atoms with Gasteiger partial charge < -0.3 is 15.2 Å². The normalized spacial score (nSPS) is 23.7. The zero-order valence-corrected chi connectivity index (χ0v) is 11.8. The van der Waals surface area contributed by atoms with Gasteiger partial charge in [-0.25, -0.2) is 9.97 Å². The molecule has 3 rings (SSSR count). The van der Waals surface area contributed by atoms with E-state index in [9.17, 15) is 0 Å². The summed E-state index contributed by atoms with van der Waals surface area (Å²) in [4.78, 5) is 14.7. The maximum atomic E-state index is 4.70. The number of H-pyrrole nitrogens is 1. The molecular formula is C14H21N5. The van der Waals surface area contributed by atoms with Crippen molar-refractivity contribution in [2.24, 2.45) is 0 Å². The first-order chi connectivity index (χ1) is 9.08. The molecule has 0 bridgehead atoms. The second-order valence-electron chi connectivity index (χ2n) is 5.74. The van der Waals surface area contributed by atoms with E-state index in [1.54, 1.807) is 0 Å². The van der Waals surface area contributed by atoms with Crippen molar-refractivity contribution < 1.29 is 0 Å².